The van der Waals surface area contributed by atoms with E-state index in [0.717, 1.165) is 38.5 Å². The molecule has 0 aromatic rings. The van der Waals surface area contributed by atoms with E-state index in [2.05, 4.69) is 43.5 Å². The van der Waals surface area contributed by atoms with Crippen LogP contribution in [0.4, 0.5) is 0 Å². The van der Waals surface area contributed by atoms with E-state index in [9.17, 15) is 20.1 Å². The first-order valence-corrected chi connectivity index (χ1v) is 32.3. The second-order valence-corrected chi connectivity index (χ2v) is 22.3. The average Bonchev–Trinajstić information content (AvgIpc) is 3.38. The van der Waals surface area contributed by atoms with Crippen molar-refractivity contribution >= 4 is 5.91 Å². The summed E-state index contributed by atoms with van der Waals surface area (Å²) in [6, 6.07) is -0.815. The van der Waals surface area contributed by atoms with Crippen LogP contribution in [0.2, 0.25) is 0 Å². The fraction of sp³-hybridized carbons (Fsp3) is 0.894. The largest absolute Gasteiger partial charge is 0.394 e. The van der Waals surface area contributed by atoms with Gasteiger partial charge in [-0.3, -0.25) is 4.79 Å². The third-order valence-electron chi connectivity index (χ3n) is 15.2. The normalized spacial score (nSPS) is 13.4. The summed E-state index contributed by atoms with van der Waals surface area (Å²) in [6.45, 7) is 4.21. The number of aliphatic hydroxyl groups is 3. The molecule has 0 saturated carbocycles. The highest BCUT2D eigenvalue weighted by molar-refractivity contribution is 5.80. The van der Waals surface area contributed by atoms with Crippen molar-refractivity contribution in [2.24, 2.45) is 0 Å². The van der Waals surface area contributed by atoms with Gasteiger partial charge in [0.2, 0.25) is 5.91 Å². The van der Waals surface area contributed by atoms with E-state index < -0.39 is 24.2 Å². The van der Waals surface area contributed by atoms with Gasteiger partial charge in [-0.2, -0.15) is 0 Å². The number of hydrogen-bond donors (Lipinski definition) is 4. The van der Waals surface area contributed by atoms with Gasteiger partial charge in [-0.1, -0.05) is 333 Å². The van der Waals surface area contributed by atoms with Gasteiger partial charge in [-0.15, -0.1) is 0 Å². The molecule has 0 bridgehead atoms. The number of carbonyl (C=O) groups is 1. The number of hydrogen-bond acceptors (Lipinski definition) is 4. The minimum atomic E-state index is -1.11. The Hall–Kier alpha value is -1.43. The predicted molar refractivity (Wildman–Crippen MR) is 314 cm³/mol. The first kappa shape index (κ1) is 69.6. The van der Waals surface area contributed by atoms with Gasteiger partial charge < -0.3 is 20.6 Å². The number of carbonyl (C=O) groups excluding carboxylic acids is 1. The van der Waals surface area contributed by atoms with Gasteiger partial charge in [0.1, 0.15) is 6.10 Å². The van der Waals surface area contributed by atoms with Crippen molar-refractivity contribution in [3.8, 4) is 0 Å². The summed E-state index contributed by atoms with van der Waals surface area (Å²) in [5.41, 5.74) is 0. The Kier molecular flexibility index (Phi) is 59.9. The Bertz CT molecular complexity index is 1100. The summed E-state index contributed by atoms with van der Waals surface area (Å²) in [6.07, 6.45) is 81.3. The lowest BCUT2D eigenvalue weighted by molar-refractivity contribution is -0.131. The third-order valence-corrected chi connectivity index (χ3v) is 15.2. The van der Waals surface area contributed by atoms with E-state index in [4.69, 9.17) is 0 Å². The molecule has 0 aromatic heterocycles. The average molecular weight is 999 g/mol. The number of aliphatic hydroxyl groups excluding tert-OH is 3. The third kappa shape index (κ3) is 56.1. The molecule has 71 heavy (non-hydrogen) atoms. The zero-order valence-electron chi connectivity index (χ0n) is 48.1. The highest BCUT2D eigenvalue weighted by Gasteiger charge is 2.22. The van der Waals surface area contributed by atoms with Crippen molar-refractivity contribution in [1.82, 2.24) is 5.32 Å². The van der Waals surface area contributed by atoms with Crippen molar-refractivity contribution in [3.63, 3.8) is 0 Å². The molecule has 1 amide bonds. The first-order valence-electron chi connectivity index (χ1n) is 32.3. The summed E-state index contributed by atoms with van der Waals surface area (Å²) in [7, 11) is 0. The molecule has 0 aromatic carbocycles. The Labute approximate surface area is 444 Å². The molecule has 0 aliphatic rings. The van der Waals surface area contributed by atoms with Crippen LogP contribution >= 0.6 is 0 Å². The highest BCUT2D eigenvalue weighted by atomic mass is 16.3. The van der Waals surface area contributed by atoms with Gasteiger partial charge in [-0.05, 0) is 57.8 Å². The summed E-state index contributed by atoms with van der Waals surface area (Å²) in [4.78, 5) is 12.6. The van der Waals surface area contributed by atoms with Gasteiger partial charge >= 0.3 is 0 Å². The SMILES string of the molecule is CCCCCCCCCCCCCCC/C=C/CC/C=C/C(O)C(CO)NC(=O)C(O)CCCCCCCCCCCCCCCCCC/C=C\CCCCCCCCCCCCCCCCCCCC. The number of nitrogens with one attached hydrogen (secondary N) is 1. The maximum atomic E-state index is 12.6. The van der Waals surface area contributed by atoms with Crippen LogP contribution in [-0.4, -0.2) is 46.1 Å². The summed E-state index contributed by atoms with van der Waals surface area (Å²) < 4.78 is 0. The van der Waals surface area contributed by atoms with Crippen molar-refractivity contribution < 1.29 is 20.1 Å². The van der Waals surface area contributed by atoms with Gasteiger partial charge in [0.05, 0.1) is 18.8 Å². The highest BCUT2D eigenvalue weighted by Crippen LogP contribution is 2.18. The Morgan fingerprint density at radius 2 is 0.577 bits per heavy atom. The van der Waals surface area contributed by atoms with E-state index >= 15 is 0 Å². The topological polar surface area (TPSA) is 89.8 Å². The minimum Gasteiger partial charge on any atom is -0.394 e. The lowest BCUT2D eigenvalue weighted by atomic mass is 10.0. The second-order valence-electron chi connectivity index (χ2n) is 22.3. The maximum absolute atomic E-state index is 12.6. The van der Waals surface area contributed by atoms with Crippen LogP contribution in [0.15, 0.2) is 36.5 Å². The van der Waals surface area contributed by atoms with Crippen LogP contribution in [-0.2, 0) is 4.79 Å². The van der Waals surface area contributed by atoms with E-state index in [0.29, 0.717) is 6.42 Å². The summed E-state index contributed by atoms with van der Waals surface area (Å²) in [5, 5.41) is 33.4. The quantitative estimate of drug-likeness (QED) is 0.0361. The zero-order chi connectivity index (χ0) is 51.4. The van der Waals surface area contributed by atoms with Crippen molar-refractivity contribution in [2.45, 2.75) is 372 Å². The molecule has 0 radical (unpaired) electrons. The lowest BCUT2D eigenvalue weighted by Crippen LogP contribution is -2.48. The van der Waals surface area contributed by atoms with Gasteiger partial charge in [0, 0.05) is 0 Å². The van der Waals surface area contributed by atoms with E-state index in [1.165, 1.54) is 295 Å². The molecule has 0 saturated heterocycles. The predicted octanol–water partition coefficient (Wildman–Crippen LogP) is 20.6. The molecule has 0 rings (SSSR count). The molecular weight excluding hydrogens is 871 g/mol. The van der Waals surface area contributed by atoms with Crippen molar-refractivity contribution in [3.05, 3.63) is 36.5 Å². The summed E-state index contributed by atoms with van der Waals surface area (Å²) >= 11 is 0. The van der Waals surface area contributed by atoms with Crippen LogP contribution in [0.1, 0.15) is 354 Å². The molecule has 0 aliphatic heterocycles. The maximum Gasteiger partial charge on any atom is 0.249 e. The molecule has 0 spiro atoms. The number of unbranched alkanes of at least 4 members (excludes halogenated alkanes) is 48. The molecule has 3 unspecified atom stereocenters. The fourth-order valence-electron chi connectivity index (χ4n) is 10.2. The molecule has 5 nitrogen and oxygen atoms in total. The lowest BCUT2D eigenvalue weighted by Gasteiger charge is -2.21. The first-order chi connectivity index (χ1) is 35.1. The number of rotatable bonds is 60. The Balaban J connectivity index is 3.49. The van der Waals surface area contributed by atoms with E-state index in [1.54, 1.807) is 6.08 Å². The standard InChI is InChI=1S/C66H127NO4/c1-3-5-7-9-11-13-15-17-19-21-23-24-25-26-27-28-29-30-31-32-33-34-35-36-37-38-39-40-41-43-45-47-49-51-53-55-57-59-61-65(70)66(71)67-63(62-68)64(69)60-58-56-54-52-50-48-46-44-42-22-20-18-16-14-12-10-8-6-4-2/h32-33,50,52,58,60,63-65,68-70H,3-31,34-49,51,53-57,59,61-62H2,1-2H3,(H,67,71)/b33-32-,52-50+,60-58+. The fourth-order valence-corrected chi connectivity index (χ4v) is 10.2. The zero-order valence-corrected chi connectivity index (χ0v) is 48.1. The molecule has 420 valence electrons. The van der Waals surface area contributed by atoms with Gasteiger partial charge in [-0.25, -0.2) is 0 Å². The minimum absolute atomic E-state index is 0.374. The monoisotopic (exact) mass is 998 g/mol. The molecule has 5 heteroatoms. The van der Waals surface area contributed by atoms with Crippen LogP contribution < -0.4 is 5.32 Å². The molecule has 4 N–H and O–H groups in total. The molecule has 0 aliphatic carbocycles. The summed E-state index contributed by atoms with van der Waals surface area (Å²) in [5.74, 6) is -0.508. The van der Waals surface area contributed by atoms with E-state index in [1.807, 2.05) is 6.08 Å². The van der Waals surface area contributed by atoms with Crippen LogP contribution in [0, 0.1) is 0 Å². The van der Waals surface area contributed by atoms with Crippen LogP contribution in [0.25, 0.3) is 0 Å². The van der Waals surface area contributed by atoms with Gasteiger partial charge in [0.25, 0.3) is 0 Å². The molecule has 0 fully saturated rings. The van der Waals surface area contributed by atoms with Crippen molar-refractivity contribution in [2.75, 3.05) is 6.61 Å². The molecular formula is C66H127NO4. The molecule has 3 atom stereocenters. The van der Waals surface area contributed by atoms with Crippen LogP contribution in [0.3, 0.4) is 0 Å². The Morgan fingerprint density at radius 1 is 0.338 bits per heavy atom. The molecule has 0 heterocycles. The number of amides is 1. The second kappa shape index (κ2) is 61.1. The van der Waals surface area contributed by atoms with Crippen LogP contribution in [0.5, 0.6) is 0 Å². The smallest absolute Gasteiger partial charge is 0.249 e. The van der Waals surface area contributed by atoms with E-state index in [-0.39, 0.29) is 6.61 Å². The van der Waals surface area contributed by atoms with Crippen molar-refractivity contribution in [1.29, 1.82) is 0 Å². The van der Waals surface area contributed by atoms with Gasteiger partial charge in [0.15, 0.2) is 0 Å². The Morgan fingerprint density at radius 3 is 0.859 bits per heavy atom. The number of allylic oxidation sites excluding steroid dienone is 5.